The van der Waals surface area contributed by atoms with Gasteiger partial charge in [0.15, 0.2) is 5.76 Å². The quantitative estimate of drug-likeness (QED) is 0.326. The number of thiazole rings is 1. The van der Waals surface area contributed by atoms with Gasteiger partial charge in [-0.1, -0.05) is 67.9 Å². The lowest BCUT2D eigenvalue weighted by atomic mass is 9.95. The third kappa shape index (κ3) is 5.24. The molecule has 1 aliphatic rings. The Bertz CT molecular complexity index is 1270. The number of carbonyl (C=O) groups is 2. The zero-order valence-corrected chi connectivity index (χ0v) is 22.3. The van der Waals surface area contributed by atoms with E-state index < -0.39 is 17.7 Å². The number of aryl methyl sites for hydroxylation is 1. The number of nitrogens with zero attached hydrogens (tertiary/aromatic N) is 3. The number of amides is 1. The number of hydrogen-bond acceptors (Lipinski definition) is 6. The Labute approximate surface area is 220 Å². The smallest absolute Gasteiger partial charge is 0.290 e. The van der Waals surface area contributed by atoms with E-state index in [0.717, 1.165) is 42.2 Å². The molecule has 3 aromatic rings. The summed E-state index contributed by atoms with van der Waals surface area (Å²) < 4.78 is 0. The van der Waals surface area contributed by atoms with Crippen molar-refractivity contribution >= 4 is 34.6 Å². The summed E-state index contributed by atoms with van der Waals surface area (Å²) in [6, 6.07) is 16.0. The third-order valence-electron chi connectivity index (χ3n) is 6.53. The molecular weight excluding hydrogens is 494 g/mol. The number of aromatic nitrogens is 1. The molecular formula is C28H30ClN3O3S. The molecule has 6 nitrogen and oxygen atoms in total. The zero-order chi connectivity index (χ0) is 25.8. The van der Waals surface area contributed by atoms with Crippen molar-refractivity contribution in [3.63, 3.8) is 0 Å². The first-order chi connectivity index (χ1) is 17.3. The van der Waals surface area contributed by atoms with Gasteiger partial charge in [-0.3, -0.25) is 9.59 Å². The topological polar surface area (TPSA) is 73.7 Å². The molecule has 1 N–H and O–H groups in total. The molecule has 2 aromatic carbocycles. The van der Waals surface area contributed by atoms with Crippen LogP contribution < -0.4 is 0 Å². The van der Waals surface area contributed by atoms with E-state index in [9.17, 15) is 14.7 Å². The number of aliphatic hydroxyl groups is 1. The van der Waals surface area contributed by atoms with Crippen molar-refractivity contribution < 1.29 is 14.7 Å². The van der Waals surface area contributed by atoms with Crippen molar-refractivity contribution in [2.75, 3.05) is 26.2 Å². The van der Waals surface area contributed by atoms with Crippen molar-refractivity contribution in [3.8, 4) is 10.6 Å². The van der Waals surface area contributed by atoms with E-state index in [4.69, 9.17) is 11.6 Å². The van der Waals surface area contributed by atoms with Crippen LogP contribution in [0.2, 0.25) is 5.02 Å². The van der Waals surface area contributed by atoms with Crippen LogP contribution in [0.1, 0.15) is 47.2 Å². The van der Waals surface area contributed by atoms with Gasteiger partial charge in [0.2, 0.25) is 5.78 Å². The van der Waals surface area contributed by atoms with Crippen LogP contribution in [0.4, 0.5) is 0 Å². The number of ketones is 1. The van der Waals surface area contributed by atoms with Crippen LogP contribution in [0.25, 0.3) is 10.6 Å². The van der Waals surface area contributed by atoms with Gasteiger partial charge in [-0.05, 0) is 50.7 Å². The second-order valence-electron chi connectivity index (χ2n) is 8.72. The molecule has 188 valence electrons. The number of benzene rings is 2. The Morgan fingerprint density at radius 3 is 2.42 bits per heavy atom. The molecule has 8 heteroatoms. The first kappa shape index (κ1) is 26.1. The molecule has 1 aromatic heterocycles. The fourth-order valence-corrected chi connectivity index (χ4v) is 5.70. The maximum Gasteiger partial charge on any atom is 0.290 e. The lowest BCUT2D eigenvalue weighted by Gasteiger charge is -2.28. The van der Waals surface area contributed by atoms with Gasteiger partial charge in [-0.25, -0.2) is 4.98 Å². The van der Waals surface area contributed by atoms with Gasteiger partial charge >= 0.3 is 0 Å². The summed E-state index contributed by atoms with van der Waals surface area (Å²) in [6.45, 7) is 9.07. The van der Waals surface area contributed by atoms with Crippen molar-refractivity contribution in [3.05, 3.63) is 87.1 Å². The molecule has 0 spiro atoms. The molecule has 1 amide bonds. The molecule has 4 rings (SSSR count). The Hall–Kier alpha value is -3.00. The van der Waals surface area contributed by atoms with E-state index in [1.165, 1.54) is 11.3 Å². The Balaban J connectivity index is 1.69. The van der Waals surface area contributed by atoms with Gasteiger partial charge in [-0.15, -0.1) is 11.3 Å². The molecule has 1 aliphatic heterocycles. The SMILES string of the molecule is CCN(CC)CCCN1C(=O)C(O)=C(C(=O)c2sc(-c3ccccc3)nc2C)C1c1ccc(Cl)cc1. The Morgan fingerprint density at radius 2 is 1.78 bits per heavy atom. The maximum absolute atomic E-state index is 13.9. The molecule has 0 radical (unpaired) electrons. The average Bonchev–Trinajstić information content (AvgIpc) is 3.40. The van der Waals surface area contributed by atoms with Crippen LogP contribution in [-0.2, 0) is 4.79 Å². The number of rotatable bonds is 10. The fourth-order valence-electron chi connectivity index (χ4n) is 4.55. The summed E-state index contributed by atoms with van der Waals surface area (Å²) >= 11 is 7.39. The summed E-state index contributed by atoms with van der Waals surface area (Å²) in [4.78, 5) is 36.0. The summed E-state index contributed by atoms with van der Waals surface area (Å²) in [6.07, 6.45) is 0.726. The summed E-state index contributed by atoms with van der Waals surface area (Å²) in [5.74, 6) is -1.38. The Kier molecular flexibility index (Phi) is 8.24. The zero-order valence-electron chi connectivity index (χ0n) is 20.7. The average molecular weight is 524 g/mol. The van der Waals surface area contributed by atoms with E-state index in [1.54, 1.807) is 36.1 Å². The normalized spacial score (nSPS) is 15.9. The van der Waals surface area contributed by atoms with Crippen molar-refractivity contribution in [1.82, 2.24) is 14.8 Å². The van der Waals surface area contributed by atoms with Crippen LogP contribution >= 0.6 is 22.9 Å². The van der Waals surface area contributed by atoms with Crippen LogP contribution in [-0.4, -0.2) is 57.8 Å². The number of carbonyl (C=O) groups excluding carboxylic acids is 2. The van der Waals surface area contributed by atoms with Gasteiger partial charge in [0.05, 0.1) is 22.2 Å². The largest absolute Gasteiger partial charge is 0.503 e. The highest BCUT2D eigenvalue weighted by Crippen LogP contribution is 2.41. The second-order valence-corrected chi connectivity index (χ2v) is 10.2. The van der Waals surface area contributed by atoms with Gasteiger partial charge < -0.3 is 14.9 Å². The molecule has 0 bridgehead atoms. The highest BCUT2D eigenvalue weighted by atomic mass is 35.5. The summed E-state index contributed by atoms with van der Waals surface area (Å²) in [7, 11) is 0. The molecule has 1 atom stereocenters. The minimum Gasteiger partial charge on any atom is -0.503 e. The first-order valence-corrected chi connectivity index (χ1v) is 13.3. The van der Waals surface area contributed by atoms with E-state index in [0.29, 0.717) is 22.1 Å². The van der Waals surface area contributed by atoms with Crippen LogP contribution in [0.5, 0.6) is 0 Å². The number of aliphatic hydroxyl groups excluding tert-OH is 1. The molecule has 0 saturated heterocycles. The molecule has 1 unspecified atom stereocenters. The van der Waals surface area contributed by atoms with Crippen LogP contribution in [0, 0.1) is 6.92 Å². The minimum atomic E-state index is -0.694. The van der Waals surface area contributed by atoms with Gasteiger partial charge in [0.25, 0.3) is 5.91 Å². The van der Waals surface area contributed by atoms with E-state index >= 15 is 0 Å². The predicted molar refractivity (Wildman–Crippen MR) is 145 cm³/mol. The van der Waals surface area contributed by atoms with E-state index in [1.807, 2.05) is 30.3 Å². The number of Topliss-reactive ketones (excluding diaryl/α,β-unsaturated/α-hetero) is 1. The minimum absolute atomic E-state index is 0.0940. The summed E-state index contributed by atoms with van der Waals surface area (Å²) in [5.41, 5.74) is 2.31. The van der Waals surface area contributed by atoms with E-state index in [-0.39, 0.29) is 11.4 Å². The van der Waals surface area contributed by atoms with Crippen molar-refractivity contribution in [2.24, 2.45) is 0 Å². The van der Waals surface area contributed by atoms with Crippen LogP contribution in [0.15, 0.2) is 65.9 Å². The fraction of sp³-hybridized carbons (Fsp3) is 0.321. The van der Waals surface area contributed by atoms with Crippen LogP contribution in [0.3, 0.4) is 0 Å². The lowest BCUT2D eigenvalue weighted by Crippen LogP contribution is -2.34. The van der Waals surface area contributed by atoms with Crippen molar-refractivity contribution in [2.45, 2.75) is 33.2 Å². The van der Waals surface area contributed by atoms with Gasteiger partial charge in [0, 0.05) is 17.1 Å². The number of hydrogen-bond donors (Lipinski definition) is 1. The maximum atomic E-state index is 13.9. The summed E-state index contributed by atoms with van der Waals surface area (Å²) in [5, 5.41) is 12.3. The highest BCUT2D eigenvalue weighted by Gasteiger charge is 2.44. The Morgan fingerprint density at radius 1 is 1.11 bits per heavy atom. The molecule has 0 fully saturated rings. The van der Waals surface area contributed by atoms with Gasteiger partial charge in [0.1, 0.15) is 5.01 Å². The van der Waals surface area contributed by atoms with Gasteiger partial charge in [-0.2, -0.15) is 0 Å². The second kappa shape index (κ2) is 11.4. The monoisotopic (exact) mass is 523 g/mol. The molecule has 0 saturated carbocycles. The lowest BCUT2D eigenvalue weighted by molar-refractivity contribution is -0.129. The highest BCUT2D eigenvalue weighted by molar-refractivity contribution is 7.17. The molecule has 36 heavy (non-hydrogen) atoms. The molecule has 2 heterocycles. The predicted octanol–water partition coefficient (Wildman–Crippen LogP) is 6.08. The first-order valence-electron chi connectivity index (χ1n) is 12.1. The number of halogens is 1. The third-order valence-corrected chi connectivity index (χ3v) is 7.98. The molecule has 0 aliphatic carbocycles. The standard InChI is InChI=1S/C28H30ClN3O3S/c1-4-31(5-2)16-9-17-32-23(19-12-14-21(29)15-13-19)22(25(34)28(32)35)24(33)26-18(3)30-27(36-26)20-10-7-6-8-11-20/h6-8,10-15,23,34H,4-5,9,16-17H2,1-3H3. The van der Waals surface area contributed by atoms with E-state index in [2.05, 4.69) is 23.7 Å². The van der Waals surface area contributed by atoms with Crippen molar-refractivity contribution in [1.29, 1.82) is 0 Å².